The van der Waals surface area contributed by atoms with Gasteiger partial charge in [0, 0.05) is 63.0 Å². The average Bonchev–Trinajstić information content (AvgIpc) is 3.31. The number of piperazine rings is 1. The topological polar surface area (TPSA) is 52.9 Å². The lowest BCUT2D eigenvalue weighted by Crippen LogP contribution is -2.51. The van der Waals surface area contributed by atoms with Crippen molar-refractivity contribution in [3.8, 4) is 0 Å². The van der Waals surface area contributed by atoms with E-state index in [-0.39, 0.29) is 6.03 Å². The second kappa shape index (κ2) is 7.88. The molecule has 136 valence electrons. The van der Waals surface area contributed by atoms with Crippen LogP contribution in [0.4, 0.5) is 4.79 Å². The van der Waals surface area contributed by atoms with Crippen molar-refractivity contribution in [2.75, 3.05) is 32.7 Å². The molecule has 1 fully saturated rings. The first kappa shape index (κ1) is 17.1. The predicted octanol–water partition coefficient (Wildman–Crippen LogP) is 2.47. The van der Waals surface area contributed by atoms with Crippen LogP contribution < -0.4 is 5.32 Å². The molecule has 0 saturated carbocycles. The summed E-state index contributed by atoms with van der Waals surface area (Å²) in [6, 6.07) is 10.2. The summed E-state index contributed by atoms with van der Waals surface area (Å²) in [5.41, 5.74) is 1.94. The summed E-state index contributed by atoms with van der Waals surface area (Å²) < 4.78 is 2.00. The Hall–Kier alpha value is -2.38. The van der Waals surface area contributed by atoms with Gasteiger partial charge in [-0.15, -0.1) is 11.3 Å². The summed E-state index contributed by atoms with van der Waals surface area (Å²) in [6.07, 6.45) is 4.75. The molecule has 7 heteroatoms. The molecule has 1 N–H and O–H groups in total. The number of fused-ring (bicyclic) bond motifs is 1. The number of carbonyl (C=O) groups is 1. The first-order chi connectivity index (χ1) is 12.8. The molecular formula is C19H23N5OS. The minimum absolute atomic E-state index is 0.0320. The van der Waals surface area contributed by atoms with E-state index in [1.54, 1.807) is 11.3 Å². The third-order valence-corrected chi connectivity index (χ3v) is 5.55. The number of urea groups is 1. The zero-order valence-corrected chi connectivity index (χ0v) is 15.5. The molecule has 0 aliphatic carbocycles. The molecule has 0 spiro atoms. The molecule has 0 atom stereocenters. The SMILES string of the molecule is O=C(NCCc1cn2ccccc2n1)N1CCN(Cc2cccs2)CC1. The summed E-state index contributed by atoms with van der Waals surface area (Å²) in [5, 5.41) is 5.14. The molecule has 1 aliphatic rings. The van der Waals surface area contributed by atoms with E-state index in [1.807, 2.05) is 39.9 Å². The van der Waals surface area contributed by atoms with Gasteiger partial charge in [0.15, 0.2) is 0 Å². The number of hydrogen-bond donors (Lipinski definition) is 1. The van der Waals surface area contributed by atoms with Gasteiger partial charge < -0.3 is 14.6 Å². The fraction of sp³-hybridized carbons (Fsp3) is 0.368. The van der Waals surface area contributed by atoms with Crippen LogP contribution in [-0.2, 0) is 13.0 Å². The molecule has 0 unspecified atom stereocenters. The van der Waals surface area contributed by atoms with Gasteiger partial charge >= 0.3 is 6.03 Å². The maximum Gasteiger partial charge on any atom is 0.317 e. The lowest BCUT2D eigenvalue weighted by atomic mass is 10.3. The molecule has 6 nitrogen and oxygen atoms in total. The Bertz CT molecular complexity index is 819. The van der Waals surface area contributed by atoms with Crippen LogP contribution in [-0.4, -0.2) is 57.9 Å². The fourth-order valence-electron chi connectivity index (χ4n) is 3.25. The average molecular weight is 369 g/mol. The summed E-state index contributed by atoms with van der Waals surface area (Å²) in [5.74, 6) is 0. The number of pyridine rings is 1. The van der Waals surface area contributed by atoms with E-state index in [1.165, 1.54) is 4.88 Å². The van der Waals surface area contributed by atoms with E-state index in [0.717, 1.165) is 50.5 Å². The minimum Gasteiger partial charge on any atom is -0.338 e. The molecule has 0 aromatic carbocycles. The number of thiophene rings is 1. The lowest BCUT2D eigenvalue weighted by Gasteiger charge is -2.34. The number of imidazole rings is 1. The second-order valence-corrected chi connectivity index (χ2v) is 7.56. The number of nitrogens with one attached hydrogen (secondary N) is 1. The van der Waals surface area contributed by atoms with Crippen molar-refractivity contribution in [2.45, 2.75) is 13.0 Å². The van der Waals surface area contributed by atoms with Gasteiger partial charge in [0.25, 0.3) is 0 Å². The van der Waals surface area contributed by atoms with Crippen LogP contribution in [0.15, 0.2) is 48.1 Å². The standard InChI is InChI=1S/C19H23N5OS/c25-19(20-7-6-16-14-24-8-2-1-5-18(24)21-16)23-11-9-22(10-12-23)15-17-4-3-13-26-17/h1-5,8,13-14H,6-7,9-12,15H2,(H,20,25). The summed E-state index contributed by atoms with van der Waals surface area (Å²) in [4.78, 5) is 22.6. The van der Waals surface area contributed by atoms with Gasteiger partial charge in [-0.2, -0.15) is 0 Å². The van der Waals surface area contributed by atoms with Crippen LogP contribution in [0, 0.1) is 0 Å². The van der Waals surface area contributed by atoms with E-state index in [9.17, 15) is 4.79 Å². The maximum atomic E-state index is 12.4. The number of carbonyl (C=O) groups excluding carboxylic acids is 1. The fourth-order valence-corrected chi connectivity index (χ4v) is 4.00. The molecule has 2 amide bonds. The molecule has 26 heavy (non-hydrogen) atoms. The zero-order chi connectivity index (χ0) is 17.8. The maximum absolute atomic E-state index is 12.4. The minimum atomic E-state index is 0.0320. The molecule has 1 saturated heterocycles. The first-order valence-corrected chi connectivity index (χ1v) is 9.86. The molecule has 1 aliphatic heterocycles. The van der Waals surface area contributed by atoms with Gasteiger partial charge in [-0.3, -0.25) is 4.90 Å². The Labute approximate surface area is 157 Å². The molecule has 4 rings (SSSR count). The Balaban J connectivity index is 1.20. The van der Waals surface area contributed by atoms with Crippen molar-refractivity contribution in [3.05, 3.63) is 58.7 Å². The monoisotopic (exact) mass is 369 g/mol. The third kappa shape index (κ3) is 4.05. The largest absolute Gasteiger partial charge is 0.338 e. The summed E-state index contributed by atoms with van der Waals surface area (Å²) in [6.45, 7) is 5.02. The Morgan fingerprint density at radius 3 is 2.81 bits per heavy atom. The normalized spacial score (nSPS) is 15.5. The smallest absolute Gasteiger partial charge is 0.317 e. The van der Waals surface area contributed by atoms with Crippen molar-refractivity contribution >= 4 is 23.0 Å². The summed E-state index contributed by atoms with van der Waals surface area (Å²) in [7, 11) is 0. The quantitative estimate of drug-likeness (QED) is 0.752. The van der Waals surface area contributed by atoms with Gasteiger partial charge in [0.05, 0.1) is 5.69 Å². The highest BCUT2D eigenvalue weighted by atomic mass is 32.1. The number of amides is 2. The lowest BCUT2D eigenvalue weighted by molar-refractivity contribution is 0.136. The molecule has 0 bridgehead atoms. The van der Waals surface area contributed by atoms with Crippen LogP contribution in [0.25, 0.3) is 5.65 Å². The van der Waals surface area contributed by atoms with E-state index in [4.69, 9.17) is 0 Å². The van der Waals surface area contributed by atoms with Crippen molar-refractivity contribution in [3.63, 3.8) is 0 Å². The molecular weight excluding hydrogens is 346 g/mol. The number of aromatic nitrogens is 2. The molecule has 0 radical (unpaired) electrons. The summed E-state index contributed by atoms with van der Waals surface area (Å²) >= 11 is 1.79. The number of hydrogen-bond acceptors (Lipinski definition) is 4. The highest BCUT2D eigenvalue weighted by Gasteiger charge is 2.21. The van der Waals surface area contributed by atoms with Crippen LogP contribution in [0.3, 0.4) is 0 Å². The van der Waals surface area contributed by atoms with E-state index in [2.05, 4.69) is 32.7 Å². The van der Waals surface area contributed by atoms with Crippen LogP contribution >= 0.6 is 11.3 Å². The Kier molecular flexibility index (Phi) is 5.17. The van der Waals surface area contributed by atoms with Gasteiger partial charge in [0.2, 0.25) is 0 Å². The Morgan fingerprint density at radius 2 is 2.04 bits per heavy atom. The van der Waals surface area contributed by atoms with Gasteiger partial charge in [-0.25, -0.2) is 9.78 Å². The van der Waals surface area contributed by atoms with Crippen LogP contribution in [0.2, 0.25) is 0 Å². The molecule has 4 heterocycles. The molecule has 3 aromatic rings. The van der Waals surface area contributed by atoms with Crippen LogP contribution in [0.1, 0.15) is 10.6 Å². The predicted molar refractivity (Wildman–Crippen MR) is 103 cm³/mol. The first-order valence-electron chi connectivity index (χ1n) is 8.98. The second-order valence-electron chi connectivity index (χ2n) is 6.52. The van der Waals surface area contributed by atoms with Gasteiger partial charge in [-0.1, -0.05) is 12.1 Å². The van der Waals surface area contributed by atoms with Crippen LogP contribution in [0.5, 0.6) is 0 Å². The van der Waals surface area contributed by atoms with Crippen molar-refractivity contribution < 1.29 is 4.79 Å². The zero-order valence-electron chi connectivity index (χ0n) is 14.7. The Morgan fingerprint density at radius 1 is 1.15 bits per heavy atom. The van der Waals surface area contributed by atoms with E-state index in [0.29, 0.717) is 6.54 Å². The van der Waals surface area contributed by atoms with Crippen molar-refractivity contribution in [2.24, 2.45) is 0 Å². The highest BCUT2D eigenvalue weighted by Crippen LogP contribution is 2.13. The number of rotatable bonds is 5. The molecule has 3 aromatic heterocycles. The van der Waals surface area contributed by atoms with Crippen molar-refractivity contribution in [1.82, 2.24) is 24.5 Å². The van der Waals surface area contributed by atoms with Gasteiger partial charge in [0.1, 0.15) is 5.65 Å². The van der Waals surface area contributed by atoms with Crippen molar-refractivity contribution in [1.29, 1.82) is 0 Å². The number of nitrogens with zero attached hydrogens (tertiary/aromatic N) is 4. The van der Waals surface area contributed by atoms with E-state index < -0.39 is 0 Å². The van der Waals surface area contributed by atoms with Gasteiger partial charge in [-0.05, 0) is 23.6 Å². The highest BCUT2D eigenvalue weighted by molar-refractivity contribution is 7.09. The van der Waals surface area contributed by atoms with E-state index >= 15 is 0 Å². The third-order valence-electron chi connectivity index (χ3n) is 4.69.